The molecule has 0 N–H and O–H groups in total. The van der Waals surface area contributed by atoms with Crippen LogP contribution in [0.4, 0.5) is 8.78 Å². The summed E-state index contributed by atoms with van der Waals surface area (Å²) in [6.45, 7) is 0. The number of thiophene rings is 1. The quantitative estimate of drug-likeness (QED) is 0.544. The maximum absolute atomic E-state index is 13.7. The lowest BCUT2D eigenvalue weighted by molar-refractivity contribution is 0.498. The van der Waals surface area contributed by atoms with Crippen LogP contribution in [0, 0.1) is 11.6 Å². The number of benzene rings is 2. The van der Waals surface area contributed by atoms with Gasteiger partial charge in [-0.15, -0.1) is 22.9 Å². The highest BCUT2D eigenvalue weighted by Crippen LogP contribution is 2.35. The molecule has 0 aliphatic carbocycles. The van der Waals surface area contributed by atoms with Crippen molar-refractivity contribution in [3.8, 4) is 0 Å². The summed E-state index contributed by atoms with van der Waals surface area (Å²) >= 11 is 7.94. The van der Waals surface area contributed by atoms with Gasteiger partial charge >= 0.3 is 0 Å². The molecule has 0 radical (unpaired) electrons. The van der Waals surface area contributed by atoms with Gasteiger partial charge < -0.3 is 0 Å². The minimum Gasteiger partial charge on any atom is -0.204 e. The third-order valence-corrected chi connectivity index (χ3v) is 4.93. The zero-order valence-corrected chi connectivity index (χ0v) is 12.0. The molecule has 3 aromatic rings. The molecule has 1 unspecified atom stereocenters. The number of halogens is 3. The summed E-state index contributed by atoms with van der Waals surface area (Å²) in [6.07, 6.45) is 0.276. The molecule has 0 nitrogen and oxygen atoms in total. The molecular weight excluding hydrogens is 298 g/mol. The van der Waals surface area contributed by atoms with Crippen molar-refractivity contribution < 1.29 is 8.78 Å². The largest absolute Gasteiger partial charge is 0.204 e. The minimum atomic E-state index is -0.831. The van der Waals surface area contributed by atoms with Crippen LogP contribution in [-0.2, 0) is 6.42 Å². The summed E-state index contributed by atoms with van der Waals surface area (Å²) in [4.78, 5) is 0.969. The summed E-state index contributed by atoms with van der Waals surface area (Å²) in [5, 5.41) is 0.765. The third-order valence-electron chi connectivity index (χ3n) is 3.18. The van der Waals surface area contributed by atoms with Gasteiger partial charge in [-0.3, -0.25) is 0 Å². The fraction of sp³-hybridized carbons (Fsp3) is 0.125. The van der Waals surface area contributed by atoms with Gasteiger partial charge in [-0.05, 0) is 35.6 Å². The first kappa shape index (κ1) is 13.5. The number of alkyl halides is 1. The molecule has 0 bridgehead atoms. The monoisotopic (exact) mass is 308 g/mol. The lowest BCUT2D eigenvalue weighted by Gasteiger charge is -2.08. The molecule has 0 amide bonds. The minimum absolute atomic E-state index is 0.276. The molecule has 0 saturated heterocycles. The Labute approximate surface area is 124 Å². The lowest BCUT2D eigenvalue weighted by Crippen LogP contribution is -1.98. The van der Waals surface area contributed by atoms with Crippen LogP contribution in [-0.4, -0.2) is 0 Å². The first-order valence-corrected chi connectivity index (χ1v) is 7.46. The molecule has 20 heavy (non-hydrogen) atoms. The van der Waals surface area contributed by atoms with Gasteiger partial charge in [0.05, 0.1) is 5.38 Å². The Bertz CT molecular complexity index is 718. The van der Waals surface area contributed by atoms with Crippen LogP contribution < -0.4 is 0 Å². The maximum Gasteiger partial charge on any atom is 0.162 e. The molecule has 0 saturated carbocycles. The first-order chi connectivity index (χ1) is 9.65. The SMILES string of the molecule is Fc1cccc(CC(Cl)c2cc3ccccc3s2)c1F. The van der Waals surface area contributed by atoms with Gasteiger partial charge in [0.25, 0.3) is 0 Å². The summed E-state index contributed by atoms with van der Waals surface area (Å²) in [7, 11) is 0. The highest BCUT2D eigenvalue weighted by molar-refractivity contribution is 7.19. The highest BCUT2D eigenvalue weighted by Gasteiger charge is 2.16. The standard InChI is InChI=1S/C16H11ClF2S/c17-12(8-11-5-3-6-13(18)16(11)19)15-9-10-4-1-2-7-14(10)20-15/h1-7,9,12H,8H2. The predicted molar refractivity (Wildman–Crippen MR) is 80.5 cm³/mol. The normalized spacial score (nSPS) is 12.8. The molecule has 2 aromatic carbocycles. The van der Waals surface area contributed by atoms with Crippen molar-refractivity contribution in [1.29, 1.82) is 0 Å². The van der Waals surface area contributed by atoms with E-state index in [0.717, 1.165) is 21.0 Å². The van der Waals surface area contributed by atoms with Gasteiger partial charge in [0.15, 0.2) is 11.6 Å². The molecule has 0 spiro atoms. The second-order valence-electron chi connectivity index (χ2n) is 4.57. The van der Waals surface area contributed by atoms with E-state index in [-0.39, 0.29) is 11.8 Å². The molecule has 0 fully saturated rings. The Kier molecular flexibility index (Phi) is 3.72. The van der Waals surface area contributed by atoms with Gasteiger partial charge in [-0.25, -0.2) is 8.78 Å². The third kappa shape index (κ3) is 2.56. The zero-order chi connectivity index (χ0) is 14.1. The average molecular weight is 309 g/mol. The van der Waals surface area contributed by atoms with Crippen LogP contribution in [0.15, 0.2) is 48.5 Å². The van der Waals surface area contributed by atoms with E-state index in [4.69, 9.17) is 11.6 Å². The number of rotatable bonds is 3. The summed E-state index contributed by atoms with van der Waals surface area (Å²) in [6, 6.07) is 14.2. The lowest BCUT2D eigenvalue weighted by atomic mass is 10.1. The molecule has 1 aromatic heterocycles. The van der Waals surface area contributed by atoms with Crippen LogP contribution in [0.5, 0.6) is 0 Å². The Morgan fingerprint density at radius 3 is 2.65 bits per heavy atom. The van der Waals surface area contributed by atoms with Crippen molar-refractivity contribution in [3.05, 3.63) is 70.6 Å². The first-order valence-electron chi connectivity index (χ1n) is 6.20. The number of hydrogen-bond donors (Lipinski definition) is 0. The van der Waals surface area contributed by atoms with Crippen molar-refractivity contribution in [2.24, 2.45) is 0 Å². The topological polar surface area (TPSA) is 0 Å². The van der Waals surface area contributed by atoms with Crippen molar-refractivity contribution in [2.45, 2.75) is 11.8 Å². The van der Waals surface area contributed by atoms with Crippen LogP contribution in [0.1, 0.15) is 15.8 Å². The predicted octanol–water partition coefficient (Wildman–Crippen LogP) is 5.70. The highest BCUT2D eigenvalue weighted by atomic mass is 35.5. The fourth-order valence-corrected chi connectivity index (χ4v) is 3.56. The van der Waals surface area contributed by atoms with E-state index in [1.165, 1.54) is 6.07 Å². The van der Waals surface area contributed by atoms with Crippen molar-refractivity contribution in [2.75, 3.05) is 0 Å². The van der Waals surface area contributed by atoms with Crippen LogP contribution >= 0.6 is 22.9 Å². The van der Waals surface area contributed by atoms with E-state index < -0.39 is 11.6 Å². The van der Waals surface area contributed by atoms with Crippen molar-refractivity contribution in [1.82, 2.24) is 0 Å². The maximum atomic E-state index is 13.7. The second-order valence-corrected chi connectivity index (χ2v) is 6.21. The van der Waals surface area contributed by atoms with Crippen molar-refractivity contribution >= 4 is 33.0 Å². The second kappa shape index (κ2) is 5.51. The van der Waals surface area contributed by atoms with Gasteiger partial charge in [0.2, 0.25) is 0 Å². The van der Waals surface area contributed by atoms with Gasteiger partial charge in [0, 0.05) is 9.58 Å². The molecule has 3 rings (SSSR count). The zero-order valence-electron chi connectivity index (χ0n) is 10.4. The van der Waals surface area contributed by atoms with E-state index in [1.54, 1.807) is 17.4 Å². The van der Waals surface area contributed by atoms with E-state index in [1.807, 2.05) is 30.3 Å². The fourth-order valence-electron chi connectivity index (χ4n) is 2.16. The Morgan fingerprint density at radius 1 is 1.05 bits per heavy atom. The van der Waals surface area contributed by atoms with Gasteiger partial charge in [0.1, 0.15) is 0 Å². The number of hydrogen-bond acceptors (Lipinski definition) is 1. The molecule has 0 aliphatic rings. The van der Waals surface area contributed by atoms with Crippen molar-refractivity contribution in [3.63, 3.8) is 0 Å². The average Bonchev–Trinajstić information content (AvgIpc) is 2.88. The Morgan fingerprint density at radius 2 is 1.85 bits per heavy atom. The molecular formula is C16H11ClF2S. The Hall–Kier alpha value is -1.45. The van der Waals surface area contributed by atoms with Gasteiger partial charge in [-0.2, -0.15) is 0 Å². The molecule has 4 heteroatoms. The molecule has 102 valence electrons. The van der Waals surface area contributed by atoms with E-state index >= 15 is 0 Å². The number of fused-ring (bicyclic) bond motifs is 1. The van der Waals surface area contributed by atoms with Gasteiger partial charge in [-0.1, -0.05) is 30.3 Å². The smallest absolute Gasteiger partial charge is 0.162 e. The molecule has 1 heterocycles. The summed E-state index contributed by atoms with van der Waals surface area (Å²) in [5.41, 5.74) is 0.308. The van der Waals surface area contributed by atoms with Crippen LogP contribution in [0.25, 0.3) is 10.1 Å². The van der Waals surface area contributed by atoms with Crippen LogP contribution in [0.2, 0.25) is 0 Å². The summed E-state index contributed by atoms with van der Waals surface area (Å²) in [5.74, 6) is -1.64. The van der Waals surface area contributed by atoms with Crippen LogP contribution in [0.3, 0.4) is 0 Å². The molecule has 1 atom stereocenters. The van der Waals surface area contributed by atoms with E-state index in [0.29, 0.717) is 5.56 Å². The Balaban J connectivity index is 1.89. The summed E-state index contributed by atoms with van der Waals surface area (Å²) < 4.78 is 28.0. The van der Waals surface area contributed by atoms with E-state index in [2.05, 4.69) is 0 Å². The molecule has 0 aliphatic heterocycles. The van der Waals surface area contributed by atoms with E-state index in [9.17, 15) is 8.78 Å².